The quantitative estimate of drug-likeness (QED) is 0.703. The Kier molecular flexibility index (Phi) is 5.92. The Balaban J connectivity index is 2.19. The van der Waals surface area contributed by atoms with Crippen LogP contribution in [0.5, 0.6) is 0 Å². The van der Waals surface area contributed by atoms with Crippen molar-refractivity contribution >= 4 is 39.2 Å². The van der Waals surface area contributed by atoms with Gasteiger partial charge in [-0.2, -0.15) is 4.31 Å². The van der Waals surface area contributed by atoms with Crippen molar-refractivity contribution in [1.82, 2.24) is 4.31 Å². The van der Waals surface area contributed by atoms with Gasteiger partial charge in [-0.3, -0.25) is 0 Å². The topological polar surface area (TPSA) is 76.8 Å². The molecule has 0 fully saturated rings. The van der Waals surface area contributed by atoms with E-state index in [4.69, 9.17) is 32.4 Å². The molecule has 0 bridgehead atoms. The predicted molar refractivity (Wildman–Crippen MR) is 89.8 cm³/mol. The summed E-state index contributed by atoms with van der Waals surface area (Å²) in [4.78, 5) is 11.5. The standard InChI is InChI=1S/C15H15Cl2NO5S/c1-3-22-15(19)10-6-12(23-9-10)8-18(2)24(20,21)14-5-4-11(16)7-13(14)17/h4-7,9H,3,8H2,1-2H3. The first-order chi connectivity index (χ1) is 11.3. The fourth-order valence-corrected chi connectivity index (χ4v) is 3.82. The average molecular weight is 392 g/mol. The van der Waals surface area contributed by atoms with Crippen LogP contribution in [0.2, 0.25) is 10.0 Å². The summed E-state index contributed by atoms with van der Waals surface area (Å²) in [5.41, 5.74) is 0.224. The fourth-order valence-electron chi connectivity index (χ4n) is 1.94. The van der Waals surface area contributed by atoms with E-state index < -0.39 is 16.0 Å². The SMILES string of the molecule is CCOC(=O)c1coc(CN(C)S(=O)(=O)c2ccc(Cl)cc2Cl)c1. The van der Waals surface area contributed by atoms with Crippen LogP contribution < -0.4 is 0 Å². The molecule has 1 heterocycles. The summed E-state index contributed by atoms with van der Waals surface area (Å²) in [6.45, 7) is 1.86. The Labute approximate surface area is 150 Å². The first-order valence-electron chi connectivity index (χ1n) is 6.91. The number of sulfonamides is 1. The number of carbonyl (C=O) groups excluding carboxylic acids is 1. The van der Waals surface area contributed by atoms with Crippen molar-refractivity contribution in [2.24, 2.45) is 0 Å². The van der Waals surface area contributed by atoms with E-state index in [1.807, 2.05) is 0 Å². The predicted octanol–water partition coefficient (Wildman–Crippen LogP) is 3.58. The molecule has 2 aromatic rings. The number of ether oxygens (including phenoxy) is 1. The number of carbonyl (C=O) groups is 1. The number of nitrogens with zero attached hydrogens (tertiary/aromatic N) is 1. The molecule has 9 heteroatoms. The maximum atomic E-state index is 12.6. The number of benzene rings is 1. The van der Waals surface area contributed by atoms with E-state index in [1.165, 1.54) is 37.6 Å². The molecule has 0 atom stereocenters. The van der Waals surface area contributed by atoms with Crippen molar-refractivity contribution in [3.05, 3.63) is 51.9 Å². The van der Waals surface area contributed by atoms with Gasteiger partial charge in [-0.25, -0.2) is 13.2 Å². The zero-order valence-corrected chi connectivity index (χ0v) is 15.3. The van der Waals surface area contributed by atoms with E-state index in [2.05, 4.69) is 0 Å². The van der Waals surface area contributed by atoms with Gasteiger partial charge >= 0.3 is 5.97 Å². The summed E-state index contributed by atoms with van der Waals surface area (Å²) in [7, 11) is -2.46. The van der Waals surface area contributed by atoms with Crippen molar-refractivity contribution in [2.45, 2.75) is 18.4 Å². The van der Waals surface area contributed by atoms with Crippen LogP contribution in [0.1, 0.15) is 23.0 Å². The Bertz CT molecular complexity index is 847. The van der Waals surface area contributed by atoms with Gasteiger partial charge in [-0.1, -0.05) is 23.2 Å². The van der Waals surface area contributed by atoms with Gasteiger partial charge in [0, 0.05) is 12.1 Å². The summed E-state index contributed by atoms with van der Waals surface area (Å²) in [5, 5.41) is 0.368. The van der Waals surface area contributed by atoms with Crippen molar-refractivity contribution in [3.63, 3.8) is 0 Å². The number of esters is 1. The zero-order valence-electron chi connectivity index (χ0n) is 13.0. The molecule has 0 N–H and O–H groups in total. The molecule has 0 radical (unpaired) electrons. The van der Waals surface area contributed by atoms with E-state index >= 15 is 0 Å². The highest BCUT2D eigenvalue weighted by Gasteiger charge is 2.25. The fraction of sp³-hybridized carbons (Fsp3) is 0.267. The van der Waals surface area contributed by atoms with Gasteiger partial charge in [0.2, 0.25) is 10.0 Å². The Hall–Kier alpha value is -1.54. The average Bonchev–Trinajstić information content (AvgIpc) is 2.95. The van der Waals surface area contributed by atoms with Gasteiger partial charge in [-0.15, -0.1) is 0 Å². The summed E-state index contributed by atoms with van der Waals surface area (Å²) < 4.78 is 36.3. The molecule has 130 valence electrons. The van der Waals surface area contributed by atoms with Crippen LogP contribution in [0.3, 0.4) is 0 Å². The monoisotopic (exact) mass is 391 g/mol. The van der Waals surface area contributed by atoms with E-state index in [-0.39, 0.29) is 28.6 Å². The van der Waals surface area contributed by atoms with Gasteiger partial charge in [0.1, 0.15) is 16.9 Å². The van der Waals surface area contributed by atoms with Gasteiger partial charge < -0.3 is 9.15 Å². The number of hydrogen-bond donors (Lipinski definition) is 0. The van der Waals surface area contributed by atoms with Crippen molar-refractivity contribution in [3.8, 4) is 0 Å². The zero-order chi connectivity index (χ0) is 17.9. The number of rotatable bonds is 6. The summed E-state index contributed by atoms with van der Waals surface area (Å²) >= 11 is 11.7. The lowest BCUT2D eigenvalue weighted by atomic mass is 10.3. The second kappa shape index (κ2) is 7.57. The molecule has 1 aromatic carbocycles. The first kappa shape index (κ1) is 18.8. The van der Waals surface area contributed by atoms with Gasteiger partial charge in [-0.05, 0) is 31.2 Å². The van der Waals surface area contributed by atoms with Crippen molar-refractivity contribution in [2.75, 3.05) is 13.7 Å². The normalized spacial score (nSPS) is 11.7. The number of hydrogen-bond acceptors (Lipinski definition) is 5. The maximum absolute atomic E-state index is 12.6. The molecule has 2 rings (SSSR count). The lowest BCUT2D eigenvalue weighted by molar-refractivity contribution is 0.0525. The highest BCUT2D eigenvalue weighted by Crippen LogP contribution is 2.27. The van der Waals surface area contributed by atoms with E-state index in [1.54, 1.807) is 6.92 Å². The summed E-state index contributed by atoms with van der Waals surface area (Å²) in [5.74, 6) is -0.229. The Morgan fingerprint density at radius 3 is 2.62 bits per heavy atom. The maximum Gasteiger partial charge on any atom is 0.341 e. The third-order valence-corrected chi connectivity index (χ3v) is 5.65. The molecule has 0 saturated heterocycles. The molecule has 0 aliphatic carbocycles. The van der Waals surface area contributed by atoms with Crippen molar-refractivity contribution in [1.29, 1.82) is 0 Å². The number of halogens is 2. The largest absolute Gasteiger partial charge is 0.467 e. The van der Waals surface area contributed by atoms with Gasteiger partial charge in [0.15, 0.2) is 0 Å². The third kappa shape index (κ3) is 4.10. The highest BCUT2D eigenvalue weighted by molar-refractivity contribution is 7.89. The van der Waals surface area contributed by atoms with E-state index in [0.29, 0.717) is 10.8 Å². The molecule has 24 heavy (non-hydrogen) atoms. The van der Waals surface area contributed by atoms with E-state index in [9.17, 15) is 13.2 Å². The Morgan fingerprint density at radius 2 is 2.00 bits per heavy atom. The smallest absolute Gasteiger partial charge is 0.341 e. The molecule has 0 saturated carbocycles. The second-order valence-electron chi connectivity index (χ2n) is 4.86. The lowest BCUT2D eigenvalue weighted by Crippen LogP contribution is -2.26. The minimum absolute atomic E-state index is 0.0287. The Morgan fingerprint density at radius 1 is 1.29 bits per heavy atom. The number of furan rings is 1. The van der Waals surface area contributed by atoms with Crippen LogP contribution in [0.15, 0.2) is 39.8 Å². The van der Waals surface area contributed by atoms with Gasteiger partial charge in [0.05, 0.1) is 23.7 Å². The minimum Gasteiger partial charge on any atom is -0.467 e. The van der Waals surface area contributed by atoms with E-state index in [0.717, 1.165) is 4.31 Å². The second-order valence-corrected chi connectivity index (χ2v) is 7.71. The molecule has 0 aliphatic rings. The van der Waals surface area contributed by atoms with Crippen molar-refractivity contribution < 1.29 is 22.4 Å². The molecule has 0 amide bonds. The molecule has 0 unspecified atom stereocenters. The van der Waals surface area contributed by atoms with Crippen LogP contribution >= 0.6 is 23.2 Å². The minimum atomic E-state index is -3.84. The first-order valence-corrected chi connectivity index (χ1v) is 9.11. The molecular weight excluding hydrogens is 377 g/mol. The molecule has 6 nitrogen and oxygen atoms in total. The molecule has 0 spiro atoms. The van der Waals surface area contributed by atoms with Gasteiger partial charge in [0.25, 0.3) is 0 Å². The van der Waals surface area contributed by atoms with Crippen LogP contribution in [-0.4, -0.2) is 32.3 Å². The third-order valence-electron chi connectivity index (χ3n) is 3.13. The van der Waals surface area contributed by atoms with Crippen LogP contribution in [0.25, 0.3) is 0 Å². The lowest BCUT2D eigenvalue weighted by Gasteiger charge is -2.16. The van der Waals surface area contributed by atoms with Crippen LogP contribution in [-0.2, 0) is 21.3 Å². The molecular formula is C15H15Cl2NO5S. The molecule has 1 aromatic heterocycles. The highest BCUT2D eigenvalue weighted by atomic mass is 35.5. The molecule has 0 aliphatic heterocycles. The summed E-state index contributed by atoms with van der Waals surface area (Å²) in [6.07, 6.45) is 1.23. The van der Waals surface area contributed by atoms with Crippen LogP contribution in [0, 0.1) is 0 Å². The summed E-state index contributed by atoms with van der Waals surface area (Å²) in [6, 6.07) is 5.58. The van der Waals surface area contributed by atoms with Crippen LogP contribution in [0.4, 0.5) is 0 Å².